The van der Waals surface area contributed by atoms with E-state index in [0.717, 1.165) is 58.0 Å². The maximum atomic E-state index is 13.9. The standard InChI is InChI=1S/C43H38N8O5S3.HI/c1-3-4-14-23-55-46-34(37-44-42(59-48-37)45-43(27-15-8-5-9-16-27,28-17-10-6-11-18-28)29-19-12-7-13-20-29)38(52)47-56-41(54)35-31(36-33-39(53)51(35)40(33)58-36)22-21-30-25-57-32-24-49(2)26-50(30)32;/h5-13,15-22,24-26,33,36,40H,3-4,14,23H2,1-2H3,(H-,44,45,47,48,52);1H/t33-,36?,40+;/m0./s1. The molecular formula is C43H39IN8O5S3. The molecule has 1 unspecified atom stereocenters. The highest BCUT2D eigenvalue weighted by atomic mass is 127. The highest BCUT2D eigenvalue weighted by molar-refractivity contribution is 8.02. The van der Waals surface area contributed by atoms with E-state index >= 15 is 0 Å². The zero-order valence-electron chi connectivity index (χ0n) is 32.4. The van der Waals surface area contributed by atoms with E-state index in [1.165, 1.54) is 4.90 Å². The van der Waals surface area contributed by atoms with Crippen LogP contribution >= 0.6 is 34.6 Å². The lowest BCUT2D eigenvalue weighted by atomic mass is 9.77. The van der Waals surface area contributed by atoms with Crippen molar-refractivity contribution in [3.8, 4) is 0 Å². The number of β-lactam (4-membered cyclic amide) rings is 1. The molecule has 3 aliphatic rings. The van der Waals surface area contributed by atoms with Gasteiger partial charge in [-0.25, -0.2) is 9.36 Å². The highest BCUT2D eigenvalue weighted by Gasteiger charge is 2.68. The largest absolute Gasteiger partial charge is 1.00 e. The fraction of sp³-hybridized carbons (Fsp3) is 0.233. The van der Waals surface area contributed by atoms with Crippen LogP contribution < -0.4 is 39.2 Å². The summed E-state index contributed by atoms with van der Waals surface area (Å²) in [6.07, 6.45) is 10.4. The second kappa shape index (κ2) is 17.7. The third-order valence-electron chi connectivity index (χ3n) is 10.6. The van der Waals surface area contributed by atoms with E-state index in [2.05, 4.69) is 68.0 Å². The first-order valence-corrected chi connectivity index (χ1v) is 21.8. The Morgan fingerprint density at radius 1 is 0.967 bits per heavy atom. The van der Waals surface area contributed by atoms with Crippen molar-refractivity contribution in [3.63, 3.8) is 0 Å². The maximum absolute atomic E-state index is 13.9. The van der Waals surface area contributed by atoms with Gasteiger partial charge in [-0.05, 0) is 34.8 Å². The number of hydrogen-bond acceptors (Lipinski definition) is 12. The summed E-state index contributed by atoms with van der Waals surface area (Å²) in [7, 11) is 1.96. The molecule has 13 nitrogen and oxygen atoms in total. The van der Waals surface area contributed by atoms with Crippen LogP contribution in [0.25, 0.3) is 10.9 Å². The summed E-state index contributed by atoms with van der Waals surface area (Å²) in [5, 5.41) is 9.95. The van der Waals surface area contributed by atoms with E-state index in [1.807, 2.05) is 96.3 Å². The van der Waals surface area contributed by atoms with Crippen LogP contribution in [-0.4, -0.2) is 59.6 Å². The fourth-order valence-electron chi connectivity index (χ4n) is 7.70. The molecule has 3 aromatic carbocycles. The van der Waals surface area contributed by atoms with Crippen molar-refractivity contribution < 1.29 is 52.4 Å². The fourth-order valence-corrected chi connectivity index (χ4v) is 10.8. The number of rotatable bonds is 15. The molecule has 3 atom stereocenters. The Kier molecular flexibility index (Phi) is 12.2. The number of aryl methyl sites for hydroxylation is 1. The number of thiazole rings is 1. The van der Waals surface area contributed by atoms with E-state index in [0.29, 0.717) is 10.7 Å². The third-order valence-corrected chi connectivity index (χ3v) is 13.7. The van der Waals surface area contributed by atoms with E-state index in [4.69, 9.17) is 14.7 Å². The minimum Gasteiger partial charge on any atom is -1.00 e. The number of carbonyl (C=O) groups is 3. The Morgan fingerprint density at radius 3 is 2.27 bits per heavy atom. The van der Waals surface area contributed by atoms with Crippen LogP contribution in [0, 0.1) is 5.92 Å². The molecule has 0 spiro atoms. The number of nitrogens with one attached hydrogen (secondary N) is 2. The van der Waals surface area contributed by atoms with Gasteiger partial charge in [0.25, 0.3) is 0 Å². The highest BCUT2D eigenvalue weighted by Crippen LogP contribution is 2.62. The molecule has 2 N–H and O–H groups in total. The average molecular weight is 971 g/mol. The van der Waals surface area contributed by atoms with E-state index < -0.39 is 17.4 Å². The van der Waals surface area contributed by atoms with Crippen LogP contribution in [0.5, 0.6) is 0 Å². The molecule has 6 heterocycles. The molecule has 60 heavy (non-hydrogen) atoms. The van der Waals surface area contributed by atoms with Crippen molar-refractivity contribution in [2.24, 2.45) is 18.1 Å². The van der Waals surface area contributed by atoms with Crippen molar-refractivity contribution in [1.29, 1.82) is 0 Å². The Hall–Kier alpha value is -5.37. The van der Waals surface area contributed by atoms with Crippen LogP contribution in [0.15, 0.2) is 131 Å². The first kappa shape index (κ1) is 41.4. The van der Waals surface area contributed by atoms with Crippen LogP contribution in [0.3, 0.4) is 0 Å². The maximum Gasteiger partial charge on any atom is 0.379 e. The molecule has 306 valence electrons. The van der Waals surface area contributed by atoms with Gasteiger partial charge in [-0.3, -0.25) is 14.5 Å². The molecule has 3 aliphatic heterocycles. The first-order valence-electron chi connectivity index (χ1n) is 19.2. The number of fused-ring (bicyclic) bond motifs is 1. The van der Waals surface area contributed by atoms with Crippen molar-refractivity contribution in [2.45, 2.75) is 42.3 Å². The molecule has 0 radical (unpaired) electrons. The molecule has 9 rings (SSSR count). The summed E-state index contributed by atoms with van der Waals surface area (Å²) in [5.74, 6) is -2.08. The summed E-state index contributed by atoms with van der Waals surface area (Å²) < 4.78 is 8.57. The Morgan fingerprint density at radius 2 is 1.63 bits per heavy atom. The number of allylic oxidation sites excluding steroid dienone is 1. The smallest absolute Gasteiger partial charge is 0.379 e. The molecule has 2 fully saturated rings. The number of nitrogens with zero attached hydrogens (tertiary/aromatic N) is 6. The normalized spacial score (nSPS) is 18.2. The number of aromatic nitrogens is 4. The van der Waals surface area contributed by atoms with Gasteiger partial charge in [-0.2, -0.15) is 19.2 Å². The van der Waals surface area contributed by atoms with Gasteiger partial charge < -0.3 is 39.0 Å². The van der Waals surface area contributed by atoms with E-state index in [9.17, 15) is 14.4 Å². The summed E-state index contributed by atoms with van der Waals surface area (Å²) in [4.78, 5) is 59.2. The minimum atomic E-state index is -0.895. The summed E-state index contributed by atoms with van der Waals surface area (Å²) in [6.45, 7) is 2.34. The van der Waals surface area contributed by atoms with Crippen molar-refractivity contribution in [3.05, 3.63) is 154 Å². The monoisotopic (exact) mass is 970 g/mol. The SMILES string of the molecule is CCCCCON=C(C(=O)NOC(=O)C1=C(C=Cc2csc3cn(C)c[n+]23)C2S[C@@H]3[C@@H]2C(=O)N13)c1nsc(NC(c2ccccc2)(c2ccccc2)c2ccccc2)n1.[I-]. The van der Waals surface area contributed by atoms with Crippen LogP contribution in [-0.2, 0) is 36.6 Å². The molecular weight excluding hydrogens is 932 g/mol. The third kappa shape index (κ3) is 7.52. The Bertz CT molecular complexity index is 2530. The lowest BCUT2D eigenvalue weighted by Crippen LogP contribution is -3.00. The number of unbranched alkanes of at least 4 members (excludes halogenated alkanes) is 2. The molecule has 0 aliphatic carbocycles. The van der Waals surface area contributed by atoms with Gasteiger partial charge >= 0.3 is 11.9 Å². The van der Waals surface area contributed by atoms with Gasteiger partial charge in [0.05, 0.1) is 18.3 Å². The number of carbonyl (C=O) groups excluding carboxylic acids is 3. The lowest BCUT2D eigenvalue weighted by molar-refractivity contribution is -0.510. The molecule has 4 bridgehead atoms. The quantitative estimate of drug-likeness (QED) is 0.0301. The number of amides is 2. The summed E-state index contributed by atoms with van der Waals surface area (Å²) in [6, 6.07) is 30.1. The van der Waals surface area contributed by atoms with Crippen molar-refractivity contribution in [2.75, 3.05) is 11.9 Å². The second-order valence-corrected chi connectivity index (χ2v) is 17.2. The molecule has 6 aromatic rings. The number of thioether (sulfide) groups is 1. The zero-order valence-corrected chi connectivity index (χ0v) is 37.0. The molecule has 0 saturated carbocycles. The second-order valence-electron chi connectivity index (χ2n) is 14.3. The summed E-state index contributed by atoms with van der Waals surface area (Å²) in [5.41, 5.74) is 5.68. The van der Waals surface area contributed by atoms with Gasteiger partial charge in [-0.1, -0.05) is 133 Å². The van der Waals surface area contributed by atoms with Crippen molar-refractivity contribution in [1.82, 2.24) is 24.3 Å². The molecule has 3 aromatic heterocycles. The van der Waals surface area contributed by atoms with Gasteiger partial charge in [-0.15, -0.1) is 11.8 Å². The van der Waals surface area contributed by atoms with E-state index in [-0.39, 0.29) is 70.3 Å². The predicted molar refractivity (Wildman–Crippen MR) is 227 cm³/mol. The van der Waals surface area contributed by atoms with Gasteiger partial charge in [0.15, 0.2) is 0 Å². The van der Waals surface area contributed by atoms with E-state index in [1.54, 1.807) is 23.1 Å². The van der Waals surface area contributed by atoms with Crippen molar-refractivity contribution >= 4 is 74.2 Å². The van der Waals surface area contributed by atoms with Gasteiger partial charge in [0.1, 0.15) is 29.7 Å². The number of benzene rings is 3. The number of hydrogen-bond donors (Lipinski definition) is 2. The lowest BCUT2D eigenvalue weighted by Gasteiger charge is -2.62. The molecule has 17 heteroatoms. The van der Waals surface area contributed by atoms with Gasteiger partial charge in [0.2, 0.25) is 33.7 Å². The number of imidazole rings is 1. The number of halogens is 1. The number of anilines is 1. The first-order chi connectivity index (χ1) is 28.9. The Labute approximate surface area is 375 Å². The van der Waals surface area contributed by atoms with Crippen LogP contribution in [0.1, 0.15) is 54.4 Å². The molecule has 2 saturated heterocycles. The minimum absolute atomic E-state index is 0. The Balaban J connectivity index is 0.00000499. The van der Waals surface area contributed by atoms with Crippen LogP contribution in [0.2, 0.25) is 0 Å². The number of hydroxylamine groups is 1. The van der Waals surface area contributed by atoms with Gasteiger partial charge in [0, 0.05) is 22.2 Å². The topological polar surface area (TPSA) is 144 Å². The van der Waals surface area contributed by atoms with Crippen LogP contribution in [0.4, 0.5) is 5.13 Å². The zero-order chi connectivity index (χ0) is 40.5. The average Bonchev–Trinajstić information content (AvgIpc) is 3.99. The number of oxime groups is 1. The predicted octanol–water partition coefficient (Wildman–Crippen LogP) is 3.45. The molecule has 2 amide bonds. The summed E-state index contributed by atoms with van der Waals surface area (Å²) >= 11 is 4.29.